The van der Waals surface area contributed by atoms with Crippen molar-refractivity contribution < 1.29 is 13.2 Å². The summed E-state index contributed by atoms with van der Waals surface area (Å²) < 4.78 is 32.6. The first-order chi connectivity index (χ1) is 16.2. The summed E-state index contributed by atoms with van der Waals surface area (Å²) in [4.78, 5) is 15.3. The van der Waals surface area contributed by atoms with Gasteiger partial charge in [0.25, 0.3) is 0 Å². The zero-order chi connectivity index (χ0) is 24.0. The highest BCUT2D eigenvalue weighted by Gasteiger charge is 2.36. The van der Waals surface area contributed by atoms with Crippen LogP contribution in [0.1, 0.15) is 53.6 Å². The fourth-order valence-electron chi connectivity index (χ4n) is 5.93. The third-order valence-corrected chi connectivity index (χ3v) is 8.80. The fraction of sp³-hybridized carbons (Fsp3) is 0.583. The van der Waals surface area contributed by atoms with Crippen LogP contribution in [0.5, 0.6) is 0 Å². The summed E-state index contributed by atoms with van der Waals surface area (Å²) in [7, 11) is -0.405. The van der Waals surface area contributed by atoms with Crippen molar-refractivity contribution in [3.63, 3.8) is 0 Å². The average Bonchev–Trinajstić information content (AvgIpc) is 3.48. The Morgan fingerprint density at radius 1 is 1.09 bits per heavy atom. The van der Waals surface area contributed by atoms with Gasteiger partial charge in [-0.25, -0.2) is 13.8 Å². The van der Waals surface area contributed by atoms with Crippen LogP contribution in [0.15, 0.2) is 12.3 Å². The number of benzene rings is 1. The first kappa shape index (κ1) is 23.2. The molecule has 2 N–H and O–H groups in total. The van der Waals surface area contributed by atoms with Crippen LogP contribution < -0.4 is 14.3 Å². The zero-order valence-electron chi connectivity index (χ0n) is 20.2. The Hall–Kier alpha value is -2.59. The number of piperidine rings is 1. The number of fused-ring (bicyclic) bond motifs is 2. The molecule has 10 heteroatoms. The number of aryl methyl sites for hydroxylation is 4. The van der Waals surface area contributed by atoms with Crippen molar-refractivity contribution in [2.75, 3.05) is 29.8 Å². The molecule has 2 amide bonds. The molecule has 0 spiro atoms. The van der Waals surface area contributed by atoms with Crippen LogP contribution in [0.4, 0.5) is 16.2 Å². The SMILES string of the molecule is Cc1nn(C)cc1N(C1CCCN(C)C1)S(=O)(=O)NC(=O)Nc1c2c(cc3c1CCC3)CCC2. The van der Waals surface area contributed by atoms with E-state index in [2.05, 4.69) is 26.1 Å². The number of carbonyl (C=O) groups excluding carboxylic acids is 1. The number of rotatable bonds is 5. The van der Waals surface area contributed by atoms with Crippen molar-refractivity contribution in [1.82, 2.24) is 19.4 Å². The number of likely N-dealkylation sites (N-methyl/N-ethyl adjacent to an activating group) is 1. The van der Waals surface area contributed by atoms with Crippen molar-refractivity contribution in [2.45, 2.75) is 64.3 Å². The number of nitrogens with zero attached hydrogens (tertiary/aromatic N) is 4. The maximum atomic E-state index is 13.7. The molecule has 0 radical (unpaired) electrons. The highest BCUT2D eigenvalue weighted by atomic mass is 32.2. The number of nitrogens with one attached hydrogen (secondary N) is 2. The Bertz CT molecular complexity index is 1190. The Balaban J connectivity index is 1.43. The van der Waals surface area contributed by atoms with Gasteiger partial charge < -0.3 is 10.2 Å². The molecule has 1 saturated heterocycles. The number of hydrogen-bond acceptors (Lipinski definition) is 5. The lowest BCUT2D eigenvalue weighted by Crippen LogP contribution is -2.54. The molecule has 2 heterocycles. The first-order valence-electron chi connectivity index (χ1n) is 12.2. The number of likely N-dealkylation sites (tertiary alicyclic amines) is 1. The van der Waals surface area contributed by atoms with E-state index >= 15 is 0 Å². The molecular weight excluding hydrogens is 452 g/mol. The molecule has 184 valence electrons. The van der Waals surface area contributed by atoms with Gasteiger partial charge in [-0.15, -0.1) is 0 Å². The lowest BCUT2D eigenvalue weighted by molar-refractivity contribution is 0.251. The van der Waals surface area contributed by atoms with Crippen LogP contribution in [0.25, 0.3) is 0 Å². The Morgan fingerprint density at radius 2 is 1.76 bits per heavy atom. The van der Waals surface area contributed by atoms with E-state index in [4.69, 9.17) is 0 Å². The highest BCUT2D eigenvalue weighted by molar-refractivity contribution is 7.91. The second-order valence-corrected chi connectivity index (χ2v) is 11.5. The van der Waals surface area contributed by atoms with E-state index in [1.54, 1.807) is 24.9 Å². The summed E-state index contributed by atoms with van der Waals surface area (Å²) in [5, 5.41) is 7.30. The van der Waals surface area contributed by atoms with Crippen LogP contribution in [0, 0.1) is 6.92 Å². The van der Waals surface area contributed by atoms with Gasteiger partial charge in [-0.2, -0.15) is 13.5 Å². The molecule has 1 atom stereocenters. The van der Waals surface area contributed by atoms with E-state index in [9.17, 15) is 13.2 Å². The Labute approximate surface area is 201 Å². The molecule has 2 aromatic rings. The summed E-state index contributed by atoms with van der Waals surface area (Å²) >= 11 is 0. The van der Waals surface area contributed by atoms with Crippen molar-refractivity contribution in [2.24, 2.45) is 7.05 Å². The molecule has 34 heavy (non-hydrogen) atoms. The van der Waals surface area contributed by atoms with E-state index in [-0.39, 0.29) is 6.04 Å². The monoisotopic (exact) mass is 486 g/mol. The van der Waals surface area contributed by atoms with Gasteiger partial charge >= 0.3 is 16.2 Å². The van der Waals surface area contributed by atoms with Gasteiger partial charge in [0.05, 0.1) is 17.4 Å². The third-order valence-electron chi connectivity index (χ3n) is 7.35. The largest absolute Gasteiger partial charge is 0.334 e. The van der Waals surface area contributed by atoms with Crippen molar-refractivity contribution in [3.05, 3.63) is 40.2 Å². The van der Waals surface area contributed by atoms with E-state index in [1.165, 1.54) is 26.6 Å². The van der Waals surface area contributed by atoms with Crippen LogP contribution in [0.3, 0.4) is 0 Å². The Morgan fingerprint density at radius 3 is 2.35 bits per heavy atom. The summed E-state index contributed by atoms with van der Waals surface area (Å²) in [6.45, 7) is 3.31. The predicted octanol–water partition coefficient (Wildman–Crippen LogP) is 2.67. The maximum Gasteiger partial charge on any atom is 0.334 e. The minimum atomic E-state index is -4.16. The fourth-order valence-corrected chi connectivity index (χ4v) is 7.32. The highest BCUT2D eigenvalue weighted by Crippen LogP contribution is 2.38. The summed E-state index contributed by atoms with van der Waals surface area (Å²) in [5.74, 6) is 0. The average molecular weight is 487 g/mol. The summed E-state index contributed by atoms with van der Waals surface area (Å²) in [6.07, 6.45) is 9.31. The number of carbonyl (C=O) groups is 1. The normalized spacial score (nSPS) is 20.1. The van der Waals surface area contributed by atoms with E-state index in [0.717, 1.165) is 63.6 Å². The first-order valence-corrected chi connectivity index (χ1v) is 13.7. The third kappa shape index (κ3) is 4.29. The van der Waals surface area contributed by atoms with E-state index in [1.807, 2.05) is 7.05 Å². The number of anilines is 2. The maximum absolute atomic E-state index is 13.7. The molecule has 0 bridgehead atoms. The van der Waals surface area contributed by atoms with Crippen LogP contribution in [0.2, 0.25) is 0 Å². The zero-order valence-corrected chi connectivity index (χ0v) is 21.0. The van der Waals surface area contributed by atoms with Crippen molar-refractivity contribution >= 4 is 27.6 Å². The minimum Gasteiger partial charge on any atom is -0.307 e. The molecule has 1 fully saturated rings. The number of hydrogen-bond donors (Lipinski definition) is 2. The quantitative estimate of drug-likeness (QED) is 0.677. The van der Waals surface area contributed by atoms with Crippen molar-refractivity contribution in [3.8, 4) is 0 Å². The molecule has 0 saturated carbocycles. The number of amides is 2. The molecule has 9 nitrogen and oxygen atoms in total. The second kappa shape index (κ2) is 8.88. The van der Waals surface area contributed by atoms with Gasteiger partial charge in [0.1, 0.15) is 0 Å². The standard InChI is InChI=1S/C24H34N6O3S/c1-16-22(15-29(3)26-16)30(19-9-6-12-28(2)14-19)34(32,33)27-24(31)25-23-20-10-4-7-17(20)13-18-8-5-11-21(18)23/h13,15,19H,4-12,14H2,1-3H3,(H2,25,27,31). The van der Waals surface area contributed by atoms with Gasteiger partial charge in [0.2, 0.25) is 0 Å². The Kier molecular flexibility index (Phi) is 6.05. The lowest BCUT2D eigenvalue weighted by Gasteiger charge is -2.37. The molecule has 1 unspecified atom stereocenters. The van der Waals surface area contributed by atoms with Gasteiger partial charge in [-0.3, -0.25) is 4.68 Å². The van der Waals surface area contributed by atoms with Gasteiger partial charge in [-0.05, 0) is 94.1 Å². The smallest absolute Gasteiger partial charge is 0.307 e. The minimum absolute atomic E-state index is 0.280. The predicted molar refractivity (Wildman–Crippen MR) is 133 cm³/mol. The van der Waals surface area contributed by atoms with Crippen LogP contribution in [-0.4, -0.2) is 55.3 Å². The molecule has 1 aromatic carbocycles. The second-order valence-electron chi connectivity index (χ2n) is 9.92. The number of aromatic nitrogens is 2. The molecule has 5 rings (SSSR count). The summed E-state index contributed by atoms with van der Waals surface area (Å²) in [6, 6.07) is 1.30. The van der Waals surface area contributed by atoms with E-state index < -0.39 is 16.2 Å². The molecular formula is C24H34N6O3S. The molecule has 3 aliphatic rings. The lowest BCUT2D eigenvalue weighted by atomic mass is 9.99. The van der Waals surface area contributed by atoms with Crippen molar-refractivity contribution in [1.29, 1.82) is 0 Å². The topological polar surface area (TPSA) is 99.6 Å². The van der Waals surface area contributed by atoms with Gasteiger partial charge in [0, 0.05) is 25.5 Å². The number of urea groups is 1. The molecule has 2 aliphatic carbocycles. The van der Waals surface area contributed by atoms with E-state index in [0.29, 0.717) is 17.9 Å². The van der Waals surface area contributed by atoms with Gasteiger partial charge in [-0.1, -0.05) is 6.07 Å². The molecule has 1 aliphatic heterocycles. The molecule has 1 aromatic heterocycles. The van der Waals surface area contributed by atoms with Crippen LogP contribution in [-0.2, 0) is 42.9 Å². The summed E-state index contributed by atoms with van der Waals surface area (Å²) in [5.41, 5.74) is 6.86. The van der Waals surface area contributed by atoms with Gasteiger partial charge in [0.15, 0.2) is 0 Å². The van der Waals surface area contributed by atoms with Crippen LogP contribution >= 0.6 is 0 Å².